The molecule has 2 N–H and O–H groups in total. The molecular formula is C21H16N4O2. The maximum atomic E-state index is 12.3. The Bertz CT molecular complexity index is 993. The standard InChI is InChI=1S/C21H16N4O2/c22-13-18-3-1-2-4-19(18)25-21(27)17-7-5-16(6-8-17)20(26)24-14-15-9-11-23-12-10-15/h1-12H,14H2,(H,24,26)(H,25,27). The van der Waals surface area contributed by atoms with Crippen molar-refractivity contribution in [3.8, 4) is 6.07 Å². The summed E-state index contributed by atoms with van der Waals surface area (Å²) in [6.45, 7) is 0.397. The first-order valence-electron chi connectivity index (χ1n) is 8.25. The first-order valence-corrected chi connectivity index (χ1v) is 8.25. The number of aromatic nitrogens is 1. The quantitative estimate of drug-likeness (QED) is 0.734. The number of hydrogen-bond acceptors (Lipinski definition) is 4. The molecule has 132 valence electrons. The van der Waals surface area contributed by atoms with Crippen molar-refractivity contribution in [1.82, 2.24) is 10.3 Å². The number of nitriles is 1. The third kappa shape index (κ3) is 4.55. The normalized spacial score (nSPS) is 9.89. The lowest BCUT2D eigenvalue weighted by atomic mass is 10.1. The fourth-order valence-corrected chi connectivity index (χ4v) is 2.44. The zero-order valence-electron chi connectivity index (χ0n) is 14.3. The highest BCUT2D eigenvalue weighted by molar-refractivity contribution is 6.05. The van der Waals surface area contributed by atoms with Crippen LogP contribution in [0.5, 0.6) is 0 Å². The van der Waals surface area contributed by atoms with E-state index in [1.165, 1.54) is 0 Å². The third-order valence-electron chi connectivity index (χ3n) is 3.91. The van der Waals surface area contributed by atoms with Crippen molar-refractivity contribution >= 4 is 17.5 Å². The van der Waals surface area contributed by atoms with Crippen LogP contribution < -0.4 is 10.6 Å². The van der Waals surface area contributed by atoms with Gasteiger partial charge in [-0.05, 0) is 54.1 Å². The maximum Gasteiger partial charge on any atom is 0.255 e. The molecule has 2 aromatic carbocycles. The number of carbonyl (C=O) groups excluding carboxylic acids is 2. The van der Waals surface area contributed by atoms with E-state index in [4.69, 9.17) is 5.26 Å². The Hall–Kier alpha value is -3.98. The minimum Gasteiger partial charge on any atom is -0.348 e. The third-order valence-corrected chi connectivity index (χ3v) is 3.91. The van der Waals surface area contributed by atoms with Gasteiger partial charge in [-0.1, -0.05) is 12.1 Å². The number of anilines is 1. The SMILES string of the molecule is N#Cc1ccccc1NC(=O)c1ccc(C(=O)NCc2ccncc2)cc1. The largest absolute Gasteiger partial charge is 0.348 e. The second-order valence-electron chi connectivity index (χ2n) is 5.73. The Morgan fingerprint density at radius 3 is 2.19 bits per heavy atom. The summed E-state index contributed by atoms with van der Waals surface area (Å²) < 4.78 is 0. The van der Waals surface area contributed by atoms with E-state index in [1.807, 2.05) is 18.2 Å². The van der Waals surface area contributed by atoms with Crippen molar-refractivity contribution in [2.24, 2.45) is 0 Å². The summed E-state index contributed by atoms with van der Waals surface area (Å²) in [5, 5.41) is 14.6. The molecule has 0 unspecified atom stereocenters. The van der Waals surface area contributed by atoms with Crippen LogP contribution in [0.4, 0.5) is 5.69 Å². The molecule has 27 heavy (non-hydrogen) atoms. The van der Waals surface area contributed by atoms with Gasteiger partial charge in [0.25, 0.3) is 11.8 Å². The minimum absolute atomic E-state index is 0.228. The zero-order chi connectivity index (χ0) is 19.1. The van der Waals surface area contributed by atoms with Crippen LogP contribution in [0.25, 0.3) is 0 Å². The molecule has 0 atom stereocenters. The van der Waals surface area contributed by atoms with Gasteiger partial charge in [-0.3, -0.25) is 14.6 Å². The number of carbonyl (C=O) groups is 2. The van der Waals surface area contributed by atoms with E-state index >= 15 is 0 Å². The summed E-state index contributed by atoms with van der Waals surface area (Å²) in [6.07, 6.45) is 3.33. The second kappa shape index (κ2) is 8.41. The average Bonchev–Trinajstić information content (AvgIpc) is 2.73. The van der Waals surface area contributed by atoms with Crippen molar-refractivity contribution in [2.75, 3.05) is 5.32 Å². The van der Waals surface area contributed by atoms with E-state index in [1.54, 1.807) is 60.9 Å². The number of para-hydroxylation sites is 1. The van der Waals surface area contributed by atoms with E-state index in [0.29, 0.717) is 28.9 Å². The Morgan fingerprint density at radius 1 is 0.889 bits per heavy atom. The Balaban J connectivity index is 1.63. The van der Waals surface area contributed by atoms with Crippen molar-refractivity contribution in [3.63, 3.8) is 0 Å². The molecule has 1 heterocycles. The number of hydrogen-bond donors (Lipinski definition) is 2. The van der Waals surface area contributed by atoms with Crippen molar-refractivity contribution < 1.29 is 9.59 Å². The number of rotatable bonds is 5. The summed E-state index contributed by atoms with van der Waals surface area (Å²) in [4.78, 5) is 28.5. The highest BCUT2D eigenvalue weighted by Crippen LogP contribution is 2.15. The number of amides is 2. The van der Waals surface area contributed by atoms with Gasteiger partial charge in [-0.15, -0.1) is 0 Å². The molecule has 0 saturated heterocycles. The Kier molecular flexibility index (Phi) is 5.55. The van der Waals surface area contributed by atoms with Crippen LogP contribution in [-0.2, 0) is 6.54 Å². The van der Waals surface area contributed by atoms with Gasteiger partial charge in [0.1, 0.15) is 6.07 Å². The van der Waals surface area contributed by atoms with Gasteiger partial charge in [0.2, 0.25) is 0 Å². The summed E-state index contributed by atoms with van der Waals surface area (Å²) >= 11 is 0. The van der Waals surface area contributed by atoms with Gasteiger partial charge < -0.3 is 10.6 Å². The van der Waals surface area contributed by atoms with Gasteiger partial charge >= 0.3 is 0 Å². The summed E-state index contributed by atoms with van der Waals surface area (Å²) in [5.41, 5.74) is 2.64. The maximum absolute atomic E-state index is 12.3. The smallest absolute Gasteiger partial charge is 0.255 e. The lowest BCUT2D eigenvalue weighted by molar-refractivity contribution is 0.0949. The molecule has 0 saturated carbocycles. The van der Waals surface area contributed by atoms with Gasteiger partial charge in [-0.25, -0.2) is 0 Å². The van der Waals surface area contributed by atoms with Crippen LogP contribution in [-0.4, -0.2) is 16.8 Å². The van der Waals surface area contributed by atoms with E-state index < -0.39 is 0 Å². The Morgan fingerprint density at radius 2 is 1.52 bits per heavy atom. The predicted molar refractivity (Wildman–Crippen MR) is 101 cm³/mol. The van der Waals surface area contributed by atoms with Crippen LogP contribution in [0.15, 0.2) is 73.1 Å². The molecule has 1 aromatic heterocycles. The topological polar surface area (TPSA) is 94.9 Å². The van der Waals surface area contributed by atoms with Crippen LogP contribution in [0.3, 0.4) is 0 Å². The Labute approximate surface area is 156 Å². The molecule has 0 radical (unpaired) electrons. The van der Waals surface area contributed by atoms with E-state index in [9.17, 15) is 9.59 Å². The molecular weight excluding hydrogens is 340 g/mol. The number of benzene rings is 2. The molecule has 2 amide bonds. The van der Waals surface area contributed by atoms with Crippen LogP contribution in [0.2, 0.25) is 0 Å². The highest BCUT2D eigenvalue weighted by atomic mass is 16.2. The first kappa shape index (κ1) is 17.8. The predicted octanol–water partition coefficient (Wildman–Crippen LogP) is 3.14. The summed E-state index contributed by atoms with van der Waals surface area (Å²) in [5.74, 6) is -0.574. The van der Waals surface area contributed by atoms with Crippen LogP contribution in [0, 0.1) is 11.3 Å². The average molecular weight is 356 g/mol. The van der Waals surface area contributed by atoms with Crippen molar-refractivity contribution in [3.05, 3.63) is 95.3 Å². The van der Waals surface area contributed by atoms with Crippen LogP contribution >= 0.6 is 0 Å². The van der Waals surface area contributed by atoms with Crippen molar-refractivity contribution in [2.45, 2.75) is 6.54 Å². The van der Waals surface area contributed by atoms with Gasteiger partial charge in [-0.2, -0.15) is 5.26 Å². The minimum atomic E-state index is -0.346. The zero-order valence-corrected chi connectivity index (χ0v) is 14.3. The molecule has 0 bridgehead atoms. The number of pyridine rings is 1. The number of nitrogens with one attached hydrogen (secondary N) is 2. The molecule has 0 spiro atoms. The van der Waals surface area contributed by atoms with Crippen LogP contribution in [0.1, 0.15) is 31.8 Å². The monoisotopic (exact) mass is 356 g/mol. The molecule has 6 nitrogen and oxygen atoms in total. The summed E-state index contributed by atoms with van der Waals surface area (Å²) in [6, 6.07) is 18.8. The lowest BCUT2D eigenvalue weighted by Crippen LogP contribution is -2.23. The fraction of sp³-hybridized carbons (Fsp3) is 0.0476. The highest BCUT2D eigenvalue weighted by Gasteiger charge is 2.11. The van der Waals surface area contributed by atoms with E-state index in [2.05, 4.69) is 15.6 Å². The summed E-state index contributed by atoms with van der Waals surface area (Å²) in [7, 11) is 0. The van der Waals surface area contributed by atoms with E-state index in [0.717, 1.165) is 5.56 Å². The molecule has 0 aliphatic carbocycles. The molecule has 0 aliphatic heterocycles. The van der Waals surface area contributed by atoms with Crippen molar-refractivity contribution in [1.29, 1.82) is 5.26 Å². The molecule has 3 aromatic rings. The fourth-order valence-electron chi connectivity index (χ4n) is 2.44. The second-order valence-corrected chi connectivity index (χ2v) is 5.73. The lowest BCUT2D eigenvalue weighted by Gasteiger charge is -2.08. The molecule has 0 aliphatic rings. The number of nitrogens with zero attached hydrogens (tertiary/aromatic N) is 2. The van der Waals surface area contributed by atoms with Gasteiger partial charge in [0.15, 0.2) is 0 Å². The van der Waals surface area contributed by atoms with Gasteiger partial charge in [0, 0.05) is 30.1 Å². The molecule has 0 fully saturated rings. The van der Waals surface area contributed by atoms with Gasteiger partial charge in [0.05, 0.1) is 11.3 Å². The molecule has 3 rings (SSSR count). The van der Waals surface area contributed by atoms with E-state index in [-0.39, 0.29) is 11.8 Å². The molecule has 6 heteroatoms. The first-order chi connectivity index (χ1) is 13.2.